The molecule has 2 aliphatic heterocycles. The normalized spacial score (nSPS) is 26.5. The maximum Gasteiger partial charge on any atom is 0.247 e. The van der Waals surface area contributed by atoms with Crippen molar-refractivity contribution in [2.75, 3.05) is 33.4 Å². The SMILES string of the molecule is CCCC(=O)N(C[C@@H]1CCCO1)[C@@H]1C=C(C(=O)NCCO)[C@@H]2c3cc(CO)cc(OC)c3O[C@@H]2[C@H]1O. The van der Waals surface area contributed by atoms with Crippen LogP contribution in [0.5, 0.6) is 11.5 Å². The zero-order chi connectivity index (χ0) is 25.8. The zero-order valence-electron chi connectivity index (χ0n) is 20.8. The molecule has 36 heavy (non-hydrogen) atoms. The number of methoxy groups -OCH3 is 1. The van der Waals surface area contributed by atoms with E-state index in [1.165, 1.54) is 7.11 Å². The van der Waals surface area contributed by atoms with Crippen LogP contribution in [0.15, 0.2) is 23.8 Å². The maximum absolute atomic E-state index is 13.3. The van der Waals surface area contributed by atoms with E-state index in [-0.39, 0.29) is 31.8 Å². The average molecular weight is 505 g/mol. The van der Waals surface area contributed by atoms with Gasteiger partial charge in [0.2, 0.25) is 11.8 Å². The minimum atomic E-state index is -1.12. The van der Waals surface area contributed by atoms with E-state index >= 15 is 0 Å². The molecule has 0 aromatic heterocycles. The third kappa shape index (κ3) is 5.08. The molecule has 0 unspecified atom stereocenters. The van der Waals surface area contributed by atoms with Gasteiger partial charge in [0.15, 0.2) is 11.5 Å². The van der Waals surface area contributed by atoms with Crippen LogP contribution in [0.1, 0.15) is 49.7 Å². The van der Waals surface area contributed by atoms with Crippen LogP contribution in [0.3, 0.4) is 0 Å². The van der Waals surface area contributed by atoms with E-state index in [2.05, 4.69) is 5.32 Å². The molecular weight excluding hydrogens is 468 g/mol. The Kier molecular flexibility index (Phi) is 8.50. The predicted molar refractivity (Wildman–Crippen MR) is 130 cm³/mol. The van der Waals surface area contributed by atoms with Crippen molar-refractivity contribution in [3.05, 3.63) is 34.9 Å². The van der Waals surface area contributed by atoms with Crippen molar-refractivity contribution in [2.24, 2.45) is 0 Å². The molecule has 1 aromatic carbocycles. The fraction of sp³-hybridized carbons (Fsp3) is 0.615. The Balaban J connectivity index is 1.78. The van der Waals surface area contributed by atoms with Crippen molar-refractivity contribution >= 4 is 11.8 Å². The van der Waals surface area contributed by atoms with Crippen LogP contribution < -0.4 is 14.8 Å². The van der Waals surface area contributed by atoms with E-state index in [9.17, 15) is 24.9 Å². The summed E-state index contributed by atoms with van der Waals surface area (Å²) >= 11 is 0. The van der Waals surface area contributed by atoms with Crippen LogP contribution in [0.4, 0.5) is 0 Å². The number of hydrogen-bond acceptors (Lipinski definition) is 8. The van der Waals surface area contributed by atoms with Gasteiger partial charge in [-0.2, -0.15) is 0 Å². The van der Waals surface area contributed by atoms with Crippen LogP contribution in [0, 0.1) is 0 Å². The fourth-order valence-electron chi connectivity index (χ4n) is 5.37. The zero-order valence-corrected chi connectivity index (χ0v) is 20.8. The van der Waals surface area contributed by atoms with Gasteiger partial charge in [-0.05, 0) is 43.0 Å². The highest BCUT2D eigenvalue weighted by Gasteiger charge is 2.51. The molecule has 3 aliphatic rings. The molecule has 4 rings (SSSR count). The Morgan fingerprint density at radius 2 is 2.08 bits per heavy atom. The quantitative estimate of drug-likeness (QED) is 0.364. The van der Waals surface area contributed by atoms with Gasteiger partial charge >= 0.3 is 0 Å². The van der Waals surface area contributed by atoms with E-state index in [1.54, 1.807) is 23.1 Å². The number of benzene rings is 1. The highest BCUT2D eigenvalue weighted by atomic mass is 16.5. The number of rotatable bonds is 10. The van der Waals surface area contributed by atoms with Crippen molar-refractivity contribution < 1.29 is 39.1 Å². The summed E-state index contributed by atoms with van der Waals surface area (Å²) in [7, 11) is 1.48. The molecule has 10 nitrogen and oxygen atoms in total. The molecule has 0 saturated carbocycles. The lowest BCUT2D eigenvalue weighted by Crippen LogP contribution is -2.57. The number of aliphatic hydroxyl groups excluding tert-OH is 3. The molecule has 10 heteroatoms. The minimum Gasteiger partial charge on any atom is -0.493 e. The Labute approximate surface area is 210 Å². The number of carbonyl (C=O) groups excluding carboxylic acids is 2. The van der Waals surface area contributed by atoms with E-state index < -0.39 is 30.1 Å². The molecule has 0 spiro atoms. The van der Waals surface area contributed by atoms with Gasteiger partial charge in [-0.25, -0.2) is 0 Å². The van der Waals surface area contributed by atoms with E-state index in [4.69, 9.17) is 14.2 Å². The smallest absolute Gasteiger partial charge is 0.247 e. The lowest BCUT2D eigenvalue weighted by molar-refractivity contribution is -0.139. The van der Waals surface area contributed by atoms with Crippen LogP contribution in [-0.2, 0) is 20.9 Å². The molecule has 0 bridgehead atoms. The second-order valence-corrected chi connectivity index (χ2v) is 9.45. The van der Waals surface area contributed by atoms with Crippen molar-refractivity contribution in [1.29, 1.82) is 0 Å². The van der Waals surface area contributed by atoms with Crippen LogP contribution >= 0.6 is 0 Å². The number of amides is 2. The second-order valence-electron chi connectivity index (χ2n) is 9.45. The first-order valence-corrected chi connectivity index (χ1v) is 12.6. The van der Waals surface area contributed by atoms with Gasteiger partial charge in [-0.1, -0.05) is 6.92 Å². The fourth-order valence-corrected chi connectivity index (χ4v) is 5.37. The lowest BCUT2D eigenvalue weighted by atomic mass is 9.77. The summed E-state index contributed by atoms with van der Waals surface area (Å²) in [6.45, 7) is 2.46. The highest BCUT2D eigenvalue weighted by molar-refractivity contribution is 5.96. The molecule has 1 aliphatic carbocycles. The van der Waals surface area contributed by atoms with Crippen molar-refractivity contribution in [3.63, 3.8) is 0 Å². The van der Waals surface area contributed by atoms with Gasteiger partial charge in [0.05, 0.1) is 38.4 Å². The van der Waals surface area contributed by atoms with Crippen molar-refractivity contribution in [2.45, 2.75) is 69.5 Å². The van der Waals surface area contributed by atoms with Gasteiger partial charge < -0.3 is 39.7 Å². The molecule has 4 N–H and O–H groups in total. The summed E-state index contributed by atoms with van der Waals surface area (Å²) in [5.74, 6) is -0.395. The number of aliphatic hydroxyl groups is 3. The predicted octanol–water partition coefficient (Wildman–Crippen LogP) is 0.618. The standard InChI is InChI=1S/C26H36N2O8/c1-3-5-21(31)28(13-16-6-4-9-35-16)19-12-18(26(33)27-7-8-29)22-17-10-15(14-30)11-20(34-2)24(17)36-25(22)23(19)32/h10-12,16,19,22-23,25,29-30,32H,3-9,13-14H2,1-2H3,(H,27,33)/t16-,19+,22-,23-,25-/m0/s1. The summed E-state index contributed by atoms with van der Waals surface area (Å²) < 4.78 is 17.5. The van der Waals surface area contributed by atoms with Gasteiger partial charge in [0.1, 0.15) is 12.2 Å². The summed E-state index contributed by atoms with van der Waals surface area (Å²) in [6, 6.07) is 2.60. The van der Waals surface area contributed by atoms with Crippen LogP contribution in [0.2, 0.25) is 0 Å². The number of carbonyl (C=O) groups is 2. The number of ether oxygens (including phenoxy) is 3. The van der Waals surface area contributed by atoms with Crippen LogP contribution in [-0.4, -0.2) is 89.8 Å². The first kappa shape index (κ1) is 26.4. The van der Waals surface area contributed by atoms with Crippen LogP contribution in [0.25, 0.3) is 0 Å². The van der Waals surface area contributed by atoms with Gasteiger partial charge in [0, 0.05) is 37.3 Å². The molecule has 5 atom stereocenters. The minimum absolute atomic E-state index is 0.0584. The number of nitrogens with one attached hydrogen (secondary N) is 1. The van der Waals surface area contributed by atoms with E-state index in [0.29, 0.717) is 54.2 Å². The second kappa shape index (κ2) is 11.6. The molecule has 1 saturated heterocycles. The number of fused-ring (bicyclic) bond motifs is 3. The summed E-state index contributed by atoms with van der Waals surface area (Å²) in [5, 5.41) is 33.3. The lowest BCUT2D eigenvalue weighted by Gasteiger charge is -2.41. The number of hydrogen-bond donors (Lipinski definition) is 4. The van der Waals surface area contributed by atoms with Crippen molar-refractivity contribution in [1.82, 2.24) is 10.2 Å². The third-order valence-corrected chi connectivity index (χ3v) is 7.06. The number of nitrogens with zero attached hydrogens (tertiary/aromatic N) is 1. The first-order valence-electron chi connectivity index (χ1n) is 12.6. The molecular formula is C26H36N2O8. The van der Waals surface area contributed by atoms with Gasteiger partial charge in [-0.15, -0.1) is 0 Å². The van der Waals surface area contributed by atoms with Crippen molar-refractivity contribution in [3.8, 4) is 11.5 Å². The molecule has 198 valence electrons. The molecule has 1 aromatic rings. The highest BCUT2D eigenvalue weighted by Crippen LogP contribution is 2.51. The Bertz CT molecular complexity index is 990. The molecule has 2 amide bonds. The molecule has 1 fully saturated rings. The Morgan fingerprint density at radius 3 is 2.72 bits per heavy atom. The summed E-state index contributed by atoms with van der Waals surface area (Å²) in [5.41, 5.74) is 1.54. The third-order valence-electron chi connectivity index (χ3n) is 7.06. The average Bonchev–Trinajstić information content (AvgIpc) is 3.54. The van der Waals surface area contributed by atoms with E-state index in [0.717, 1.165) is 12.8 Å². The molecule has 0 radical (unpaired) electrons. The summed E-state index contributed by atoms with van der Waals surface area (Å²) in [4.78, 5) is 28.1. The van der Waals surface area contributed by atoms with E-state index in [1.807, 2.05) is 6.92 Å². The van der Waals surface area contributed by atoms with Gasteiger partial charge in [0.25, 0.3) is 0 Å². The first-order chi connectivity index (χ1) is 17.4. The summed E-state index contributed by atoms with van der Waals surface area (Å²) in [6.07, 6.45) is 2.22. The Morgan fingerprint density at radius 1 is 1.28 bits per heavy atom. The monoisotopic (exact) mass is 504 g/mol. The maximum atomic E-state index is 13.3. The molecule has 2 heterocycles. The Hall–Kier alpha value is -2.66. The van der Waals surface area contributed by atoms with Gasteiger partial charge in [-0.3, -0.25) is 9.59 Å². The topological polar surface area (TPSA) is 138 Å². The largest absolute Gasteiger partial charge is 0.493 e.